The van der Waals surface area contributed by atoms with Crippen molar-refractivity contribution in [3.8, 4) is 5.88 Å². The molecule has 2 atom stereocenters. The van der Waals surface area contributed by atoms with Gasteiger partial charge in [0.1, 0.15) is 5.82 Å². The Morgan fingerprint density at radius 2 is 2.30 bits per heavy atom. The molecule has 0 aromatic carbocycles. The monoisotopic (exact) mass is 274 g/mol. The molecule has 5 heteroatoms. The van der Waals surface area contributed by atoms with Crippen LogP contribution in [0.3, 0.4) is 0 Å². The topological polar surface area (TPSA) is 62.8 Å². The maximum Gasteiger partial charge on any atom is 0.215 e. The molecule has 1 aliphatic rings. The van der Waals surface area contributed by atoms with E-state index in [9.17, 15) is 0 Å². The number of ether oxygens (including phenoxy) is 1. The van der Waals surface area contributed by atoms with Gasteiger partial charge in [0.15, 0.2) is 5.65 Å². The molecule has 2 aromatic heterocycles. The molecule has 1 fully saturated rings. The van der Waals surface area contributed by atoms with Crippen molar-refractivity contribution in [1.29, 1.82) is 0 Å². The lowest BCUT2D eigenvalue weighted by molar-refractivity contribution is 0.276. The van der Waals surface area contributed by atoms with Crippen molar-refractivity contribution in [1.82, 2.24) is 20.3 Å². The van der Waals surface area contributed by atoms with Crippen LogP contribution >= 0.6 is 0 Å². The van der Waals surface area contributed by atoms with Gasteiger partial charge in [-0.3, -0.25) is 0 Å². The second-order valence-electron chi connectivity index (χ2n) is 5.70. The van der Waals surface area contributed by atoms with E-state index in [4.69, 9.17) is 4.74 Å². The molecular weight excluding hydrogens is 252 g/mol. The van der Waals surface area contributed by atoms with Gasteiger partial charge >= 0.3 is 0 Å². The van der Waals surface area contributed by atoms with Gasteiger partial charge in [-0.2, -0.15) is 4.98 Å². The summed E-state index contributed by atoms with van der Waals surface area (Å²) < 4.78 is 5.13. The van der Waals surface area contributed by atoms with Crippen LogP contribution in [0.4, 0.5) is 0 Å². The van der Waals surface area contributed by atoms with Gasteiger partial charge in [0.25, 0.3) is 0 Å². The van der Waals surface area contributed by atoms with Gasteiger partial charge in [0.2, 0.25) is 5.88 Å². The normalized spacial score (nSPS) is 21.0. The Morgan fingerprint density at radius 3 is 3.05 bits per heavy atom. The van der Waals surface area contributed by atoms with E-state index in [2.05, 4.69) is 27.2 Å². The molecule has 0 saturated carbocycles. The molecule has 3 rings (SSSR count). The van der Waals surface area contributed by atoms with E-state index in [1.165, 1.54) is 12.8 Å². The van der Waals surface area contributed by atoms with Crippen molar-refractivity contribution in [3.05, 3.63) is 18.0 Å². The fourth-order valence-corrected chi connectivity index (χ4v) is 2.97. The molecule has 3 heterocycles. The van der Waals surface area contributed by atoms with Crippen molar-refractivity contribution in [2.24, 2.45) is 11.8 Å². The first-order valence-electron chi connectivity index (χ1n) is 7.36. The maximum absolute atomic E-state index is 5.13. The number of H-pyrrole nitrogens is 1. The first kappa shape index (κ1) is 13.4. The Bertz CT molecular complexity index is 574. The molecule has 20 heavy (non-hydrogen) atoms. The second kappa shape index (κ2) is 5.79. The van der Waals surface area contributed by atoms with Crippen LogP contribution in [-0.4, -0.2) is 35.2 Å². The quantitative estimate of drug-likeness (QED) is 0.896. The van der Waals surface area contributed by atoms with Crippen molar-refractivity contribution in [2.45, 2.75) is 26.2 Å². The number of rotatable bonds is 4. The van der Waals surface area contributed by atoms with Crippen molar-refractivity contribution < 1.29 is 4.74 Å². The summed E-state index contributed by atoms with van der Waals surface area (Å²) in [4.78, 5) is 12.3. The fraction of sp³-hybridized carbons (Fsp3) is 0.600. The number of methoxy groups -OCH3 is 1. The van der Waals surface area contributed by atoms with Crippen LogP contribution in [0.25, 0.3) is 11.2 Å². The zero-order valence-electron chi connectivity index (χ0n) is 12.1. The van der Waals surface area contributed by atoms with Crippen molar-refractivity contribution >= 4 is 11.2 Å². The predicted octanol–water partition coefficient (Wildman–Crippen LogP) is 2.14. The van der Waals surface area contributed by atoms with E-state index in [1.807, 2.05) is 12.1 Å². The van der Waals surface area contributed by atoms with Gasteiger partial charge in [-0.25, -0.2) is 4.98 Å². The van der Waals surface area contributed by atoms with Crippen LogP contribution in [0.1, 0.15) is 25.6 Å². The minimum atomic E-state index is 0.611. The fourth-order valence-electron chi connectivity index (χ4n) is 2.97. The standard InChI is InChI=1S/C15H22N4O/c1-10(11-4-3-7-16-9-11)8-13-17-12-5-6-14(20-2)19-15(12)18-13/h5-6,10-11,16H,3-4,7-9H2,1-2H3,(H,17,18,19). The largest absolute Gasteiger partial charge is 0.481 e. The van der Waals surface area contributed by atoms with Crippen LogP contribution in [0, 0.1) is 11.8 Å². The highest BCUT2D eigenvalue weighted by molar-refractivity contribution is 5.71. The third-order valence-corrected chi connectivity index (χ3v) is 4.23. The smallest absolute Gasteiger partial charge is 0.215 e. The molecule has 1 saturated heterocycles. The summed E-state index contributed by atoms with van der Waals surface area (Å²) in [6.45, 7) is 4.61. The van der Waals surface area contributed by atoms with Gasteiger partial charge in [0, 0.05) is 12.5 Å². The molecule has 2 aromatic rings. The van der Waals surface area contributed by atoms with Crippen molar-refractivity contribution in [2.75, 3.05) is 20.2 Å². The average Bonchev–Trinajstić information content (AvgIpc) is 2.89. The molecule has 0 aliphatic carbocycles. The van der Waals surface area contributed by atoms with Gasteiger partial charge in [0.05, 0.1) is 12.6 Å². The van der Waals surface area contributed by atoms with Gasteiger partial charge in [-0.15, -0.1) is 0 Å². The molecule has 2 unspecified atom stereocenters. The maximum atomic E-state index is 5.13. The highest BCUT2D eigenvalue weighted by Crippen LogP contribution is 2.23. The molecule has 1 aliphatic heterocycles. The summed E-state index contributed by atoms with van der Waals surface area (Å²) in [6.07, 6.45) is 3.58. The van der Waals surface area contributed by atoms with Crippen LogP contribution in [0.15, 0.2) is 12.1 Å². The number of aromatic amines is 1. The number of nitrogens with zero attached hydrogens (tertiary/aromatic N) is 2. The van der Waals surface area contributed by atoms with Crippen molar-refractivity contribution in [3.63, 3.8) is 0 Å². The number of imidazole rings is 1. The highest BCUT2D eigenvalue weighted by atomic mass is 16.5. The van der Waals surface area contributed by atoms with E-state index in [0.29, 0.717) is 11.8 Å². The minimum Gasteiger partial charge on any atom is -0.481 e. The third kappa shape index (κ3) is 2.77. The van der Waals surface area contributed by atoms with E-state index in [-0.39, 0.29) is 0 Å². The van der Waals surface area contributed by atoms with Crippen LogP contribution in [-0.2, 0) is 6.42 Å². The summed E-state index contributed by atoms with van der Waals surface area (Å²) >= 11 is 0. The van der Waals surface area contributed by atoms with E-state index >= 15 is 0 Å². The SMILES string of the molecule is COc1ccc2[nH]c(CC(C)C3CCCNC3)nc2n1. The summed E-state index contributed by atoms with van der Waals surface area (Å²) in [6, 6.07) is 3.84. The van der Waals surface area contributed by atoms with E-state index in [0.717, 1.165) is 42.4 Å². The Kier molecular flexibility index (Phi) is 3.87. The molecule has 0 spiro atoms. The Hall–Kier alpha value is -1.62. The second-order valence-corrected chi connectivity index (χ2v) is 5.70. The lowest BCUT2D eigenvalue weighted by Crippen LogP contribution is -2.34. The lowest BCUT2D eigenvalue weighted by Gasteiger charge is -2.27. The van der Waals surface area contributed by atoms with Gasteiger partial charge in [-0.05, 0) is 43.8 Å². The molecule has 108 valence electrons. The molecule has 0 amide bonds. The number of piperidine rings is 1. The molecule has 2 N–H and O–H groups in total. The summed E-state index contributed by atoms with van der Waals surface area (Å²) in [5, 5.41) is 3.48. The number of hydrogen-bond acceptors (Lipinski definition) is 4. The number of hydrogen-bond donors (Lipinski definition) is 2. The predicted molar refractivity (Wildman–Crippen MR) is 78.9 cm³/mol. The Labute approximate surface area is 119 Å². The zero-order valence-corrected chi connectivity index (χ0v) is 12.1. The molecule has 0 radical (unpaired) electrons. The van der Waals surface area contributed by atoms with Crippen LogP contribution in [0.2, 0.25) is 0 Å². The van der Waals surface area contributed by atoms with Gasteiger partial charge in [-0.1, -0.05) is 6.92 Å². The van der Waals surface area contributed by atoms with E-state index in [1.54, 1.807) is 7.11 Å². The average molecular weight is 274 g/mol. The molecular formula is C15H22N4O. The summed E-state index contributed by atoms with van der Waals surface area (Å²) in [7, 11) is 1.62. The summed E-state index contributed by atoms with van der Waals surface area (Å²) in [5.41, 5.74) is 1.73. The minimum absolute atomic E-state index is 0.611. The van der Waals surface area contributed by atoms with Crippen LogP contribution in [0.5, 0.6) is 5.88 Å². The number of fused-ring (bicyclic) bond motifs is 1. The first-order chi connectivity index (χ1) is 9.76. The highest BCUT2D eigenvalue weighted by Gasteiger charge is 2.21. The number of aromatic nitrogens is 3. The van der Waals surface area contributed by atoms with Crippen LogP contribution < -0.4 is 10.1 Å². The lowest BCUT2D eigenvalue weighted by atomic mass is 9.85. The Balaban J connectivity index is 1.73. The Morgan fingerprint density at radius 1 is 1.40 bits per heavy atom. The van der Waals surface area contributed by atoms with Gasteiger partial charge < -0.3 is 15.0 Å². The molecule has 5 nitrogen and oxygen atoms in total. The third-order valence-electron chi connectivity index (χ3n) is 4.23. The number of nitrogens with one attached hydrogen (secondary N) is 2. The zero-order chi connectivity index (χ0) is 13.9. The van der Waals surface area contributed by atoms with E-state index < -0.39 is 0 Å². The summed E-state index contributed by atoms with van der Waals surface area (Å²) in [5.74, 6) is 3.02. The number of pyridine rings is 1. The molecule has 0 bridgehead atoms. The first-order valence-corrected chi connectivity index (χ1v) is 7.36.